The van der Waals surface area contributed by atoms with Crippen LogP contribution >= 0.6 is 0 Å². The number of hydrogen-bond donors (Lipinski definition) is 1. The van der Waals surface area contributed by atoms with Crippen LogP contribution in [0.5, 0.6) is 0 Å². The van der Waals surface area contributed by atoms with Gasteiger partial charge in [0.2, 0.25) is 5.91 Å². The summed E-state index contributed by atoms with van der Waals surface area (Å²) in [7, 11) is 0. The maximum Gasteiger partial charge on any atom is 0.220 e. The lowest BCUT2D eigenvalue weighted by molar-refractivity contribution is -0.137. The maximum absolute atomic E-state index is 11.9. The smallest absolute Gasteiger partial charge is 0.220 e. The van der Waals surface area contributed by atoms with Gasteiger partial charge in [0.25, 0.3) is 0 Å². The largest absolute Gasteiger partial charge is 0.371 e. The quantitative estimate of drug-likeness (QED) is 0.732. The lowest BCUT2D eigenvalue weighted by Crippen LogP contribution is -2.33. The Morgan fingerprint density at radius 3 is 2.10 bits per heavy atom. The molecule has 0 rings (SSSR count). The second kappa shape index (κ2) is 7.77. The molecule has 0 heterocycles. The molecule has 20 heavy (non-hydrogen) atoms. The number of carbonyl (C=O) groups is 2. The van der Waals surface area contributed by atoms with Crippen LogP contribution in [0.4, 0.5) is 0 Å². The molecule has 4 nitrogen and oxygen atoms in total. The predicted octanol–water partition coefficient (Wildman–Crippen LogP) is 2.95. The van der Waals surface area contributed by atoms with Crippen molar-refractivity contribution in [3.63, 3.8) is 0 Å². The Morgan fingerprint density at radius 1 is 1.10 bits per heavy atom. The van der Waals surface area contributed by atoms with E-state index in [4.69, 9.17) is 4.74 Å². The van der Waals surface area contributed by atoms with Crippen LogP contribution in [0.1, 0.15) is 61.3 Å². The van der Waals surface area contributed by atoms with Crippen molar-refractivity contribution in [1.82, 2.24) is 5.32 Å². The van der Waals surface area contributed by atoms with Crippen LogP contribution in [0.15, 0.2) is 0 Å². The van der Waals surface area contributed by atoms with Gasteiger partial charge in [0.15, 0.2) is 5.78 Å². The van der Waals surface area contributed by atoms with Gasteiger partial charge in [0.05, 0.1) is 0 Å². The fraction of sp³-hybridized carbons (Fsp3) is 0.875. The van der Waals surface area contributed by atoms with Crippen molar-refractivity contribution in [2.75, 3.05) is 13.2 Å². The second-order valence-electron chi connectivity index (χ2n) is 7.57. The molecule has 0 aromatic heterocycles. The monoisotopic (exact) mass is 285 g/mol. The van der Waals surface area contributed by atoms with E-state index in [1.54, 1.807) is 6.92 Å². The van der Waals surface area contributed by atoms with Gasteiger partial charge in [-0.15, -0.1) is 0 Å². The van der Waals surface area contributed by atoms with Crippen molar-refractivity contribution in [1.29, 1.82) is 0 Å². The minimum absolute atomic E-state index is 0.00816. The Hall–Kier alpha value is -0.900. The number of ketones is 1. The standard InChI is InChI=1S/C16H31NO3/c1-12(14(19)16(5,6)7)20-10-8-9-17-13(18)11-15(2,3)4/h12H,8-11H2,1-7H3,(H,17,18). The molecule has 0 bridgehead atoms. The third kappa shape index (κ3) is 9.08. The number of carbonyl (C=O) groups excluding carboxylic acids is 2. The van der Waals surface area contributed by atoms with Crippen LogP contribution in [-0.4, -0.2) is 30.9 Å². The molecular weight excluding hydrogens is 254 g/mol. The molecule has 1 atom stereocenters. The molecule has 0 radical (unpaired) electrons. The van der Waals surface area contributed by atoms with Crippen molar-refractivity contribution in [2.45, 2.75) is 67.4 Å². The van der Waals surface area contributed by atoms with Crippen LogP contribution < -0.4 is 5.32 Å². The SMILES string of the molecule is CC(OCCCNC(=O)CC(C)(C)C)C(=O)C(C)(C)C. The zero-order valence-corrected chi connectivity index (χ0v) is 14.1. The molecule has 0 spiro atoms. The van der Waals surface area contributed by atoms with E-state index in [0.717, 1.165) is 6.42 Å². The Bertz CT molecular complexity index is 324. The molecule has 0 saturated carbocycles. The molecule has 1 amide bonds. The zero-order valence-electron chi connectivity index (χ0n) is 14.1. The summed E-state index contributed by atoms with van der Waals surface area (Å²) in [5.41, 5.74) is -0.367. The number of amides is 1. The van der Waals surface area contributed by atoms with Gasteiger partial charge in [0, 0.05) is 25.0 Å². The molecule has 0 aromatic rings. The first-order valence-corrected chi connectivity index (χ1v) is 7.36. The van der Waals surface area contributed by atoms with Gasteiger partial charge in [0.1, 0.15) is 6.10 Å². The van der Waals surface area contributed by atoms with Crippen LogP contribution in [0.2, 0.25) is 0 Å². The molecule has 118 valence electrons. The highest BCUT2D eigenvalue weighted by Gasteiger charge is 2.26. The van der Waals surface area contributed by atoms with Crippen LogP contribution in [0, 0.1) is 10.8 Å². The van der Waals surface area contributed by atoms with Gasteiger partial charge in [-0.1, -0.05) is 41.5 Å². The van der Waals surface area contributed by atoms with E-state index in [2.05, 4.69) is 5.32 Å². The van der Waals surface area contributed by atoms with Gasteiger partial charge >= 0.3 is 0 Å². The molecule has 0 fully saturated rings. The Labute approximate surface area is 123 Å². The van der Waals surface area contributed by atoms with Gasteiger partial charge < -0.3 is 10.1 Å². The van der Waals surface area contributed by atoms with Crippen molar-refractivity contribution in [3.8, 4) is 0 Å². The molecule has 4 heteroatoms. The maximum atomic E-state index is 11.9. The molecule has 0 saturated heterocycles. The number of rotatable bonds is 7. The van der Waals surface area contributed by atoms with E-state index in [9.17, 15) is 9.59 Å². The van der Waals surface area contributed by atoms with Crippen molar-refractivity contribution in [3.05, 3.63) is 0 Å². The summed E-state index contributed by atoms with van der Waals surface area (Å²) in [6, 6.07) is 0. The van der Waals surface area contributed by atoms with Crippen molar-refractivity contribution < 1.29 is 14.3 Å². The van der Waals surface area contributed by atoms with E-state index < -0.39 is 0 Å². The third-order valence-corrected chi connectivity index (χ3v) is 2.81. The molecule has 0 aliphatic heterocycles. The summed E-state index contributed by atoms with van der Waals surface area (Å²) in [4.78, 5) is 23.5. The topological polar surface area (TPSA) is 55.4 Å². The van der Waals surface area contributed by atoms with Gasteiger partial charge in [-0.2, -0.15) is 0 Å². The number of Topliss-reactive ketones (excluding diaryl/α,β-unsaturated/α-hetero) is 1. The molecule has 0 aliphatic rings. The van der Waals surface area contributed by atoms with E-state index in [1.165, 1.54) is 0 Å². The first-order valence-electron chi connectivity index (χ1n) is 7.36. The number of ether oxygens (including phenoxy) is 1. The fourth-order valence-corrected chi connectivity index (χ4v) is 1.79. The molecule has 1 unspecified atom stereocenters. The summed E-state index contributed by atoms with van der Waals surface area (Å²) in [6.45, 7) is 14.6. The lowest BCUT2D eigenvalue weighted by Gasteiger charge is -2.22. The van der Waals surface area contributed by atoms with Crippen LogP contribution in [0.25, 0.3) is 0 Å². The summed E-state index contributed by atoms with van der Waals surface area (Å²) in [6.07, 6.45) is 0.852. The van der Waals surface area contributed by atoms with Gasteiger partial charge in [-0.25, -0.2) is 0 Å². The average Bonchev–Trinajstić information content (AvgIpc) is 2.23. The second-order valence-corrected chi connectivity index (χ2v) is 7.57. The molecule has 0 aromatic carbocycles. The first-order chi connectivity index (χ1) is 8.93. The summed E-state index contributed by atoms with van der Waals surface area (Å²) in [5, 5.41) is 2.87. The molecular formula is C16H31NO3. The highest BCUT2D eigenvalue weighted by atomic mass is 16.5. The minimum atomic E-state index is -0.389. The third-order valence-electron chi connectivity index (χ3n) is 2.81. The fourth-order valence-electron chi connectivity index (χ4n) is 1.79. The summed E-state index contributed by atoms with van der Waals surface area (Å²) >= 11 is 0. The van der Waals surface area contributed by atoms with Gasteiger partial charge in [-0.3, -0.25) is 9.59 Å². The molecule has 0 aliphatic carbocycles. The number of nitrogens with one attached hydrogen (secondary N) is 1. The normalized spacial score (nSPS) is 13.9. The zero-order chi connectivity index (χ0) is 16.0. The summed E-state index contributed by atoms with van der Waals surface area (Å²) in [5.74, 6) is 0.172. The Kier molecular flexibility index (Phi) is 7.42. The van der Waals surface area contributed by atoms with Gasteiger partial charge in [-0.05, 0) is 18.8 Å². The predicted molar refractivity (Wildman–Crippen MR) is 81.6 cm³/mol. The van der Waals surface area contributed by atoms with Crippen molar-refractivity contribution in [2.24, 2.45) is 10.8 Å². The minimum Gasteiger partial charge on any atom is -0.371 e. The first kappa shape index (κ1) is 19.1. The highest BCUT2D eigenvalue weighted by Crippen LogP contribution is 2.18. The van der Waals surface area contributed by atoms with Crippen LogP contribution in [0.3, 0.4) is 0 Å². The van der Waals surface area contributed by atoms with E-state index in [0.29, 0.717) is 19.6 Å². The average molecular weight is 285 g/mol. The van der Waals surface area contributed by atoms with E-state index >= 15 is 0 Å². The van der Waals surface area contributed by atoms with Crippen LogP contribution in [-0.2, 0) is 14.3 Å². The number of hydrogen-bond acceptors (Lipinski definition) is 3. The Morgan fingerprint density at radius 2 is 1.65 bits per heavy atom. The van der Waals surface area contributed by atoms with E-state index in [1.807, 2.05) is 41.5 Å². The summed E-state index contributed by atoms with van der Waals surface area (Å²) < 4.78 is 5.51. The Balaban J connectivity index is 3.78. The van der Waals surface area contributed by atoms with E-state index in [-0.39, 0.29) is 28.6 Å². The molecule has 1 N–H and O–H groups in total. The lowest BCUT2D eigenvalue weighted by atomic mass is 9.88. The van der Waals surface area contributed by atoms with Crippen molar-refractivity contribution >= 4 is 11.7 Å². The highest BCUT2D eigenvalue weighted by molar-refractivity contribution is 5.87.